The summed E-state index contributed by atoms with van der Waals surface area (Å²) in [6.07, 6.45) is 0.403. The van der Waals surface area contributed by atoms with Gasteiger partial charge in [-0.05, 0) is 79.0 Å². The van der Waals surface area contributed by atoms with Crippen molar-refractivity contribution in [3.63, 3.8) is 0 Å². The Morgan fingerprint density at radius 3 is 2.66 bits per heavy atom. The normalized spacial score (nSPS) is 18.8. The molecule has 1 saturated carbocycles. The molecule has 1 aromatic carbocycles. The molecule has 35 heavy (non-hydrogen) atoms. The number of aromatic nitrogens is 1. The van der Waals surface area contributed by atoms with Crippen LogP contribution in [0.1, 0.15) is 60.1 Å². The molecule has 1 aliphatic heterocycles. The number of benzene rings is 1. The van der Waals surface area contributed by atoms with Crippen LogP contribution in [0.2, 0.25) is 0 Å². The third-order valence-corrected chi connectivity index (χ3v) is 7.40. The maximum atomic E-state index is 13.5. The van der Waals surface area contributed by atoms with E-state index in [0.29, 0.717) is 11.3 Å². The van der Waals surface area contributed by atoms with E-state index in [1.807, 2.05) is 18.2 Å². The second-order valence-electron chi connectivity index (χ2n) is 9.88. The number of carbonyl (C=O) groups excluding carboxylic acids is 1. The minimum absolute atomic E-state index is 0.00561. The number of rotatable bonds is 7. The average Bonchev–Trinajstić information content (AvgIpc) is 3.65. The van der Waals surface area contributed by atoms with Crippen molar-refractivity contribution in [2.45, 2.75) is 51.3 Å². The van der Waals surface area contributed by atoms with Gasteiger partial charge in [-0.15, -0.1) is 0 Å². The van der Waals surface area contributed by atoms with Crippen molar-refractivity contribution >= 4 is 11.5 Å². The highest BCUT2D eigenvalue weighted by molar-refractivity contribution is 5.79. The van der Waals surface area contributed by atoms with Crippen LogP contribution in [0.5, 0.6) is 5.75 Å². The van der Waals surface area contributed by atoms with Gasteiger partial charge in [-0.2, -0.15) is 13.2 Å². The van der Waals surface area contributed by atoms with Gasteiger partial charge in [-0.25, -0.2) is 0 Å². The number of nitrogens with one attached hydrogen (secondary N) is 1. The number of hydrogen-bond donors (Lipinski definition) is 1. The van der Waals surface area contributed by atoms with Crippen LogP contribution in [0, 0.1) is 5.92 Å². The van der Waals surface area contributed by atoms with Crippen LogP contribution < -0.4 is 10.1 Å². The number of pyridine rings is 1. The summed E-state index contributed by atoms with van der Waals surface area (Å²) in [6, 6.07) is 7.03. The second kappa shape index (κ2) is 9.30. The predicted molar refractivity (Wildman–Crippen MR) is 127 cm³/mol. The Hall–Kier alpha value is -2.87. The van der Waals surface area contributed by atoms with Crippen LogP contribution in [0.4, 0.5) is 13.2 Å². The summed E-state index contributed by atoms with van der Waals surface area (Å²) >= 11 is 0. The Morgan fingerprint density at radius 1 is 1.20 bits per heavy atom. The summed E-state index contributed by atoms with van der Waals surface area (Å²) in [6.45, 7) is 4.59. The molecule has 186 valence electrons. The number of amides is 1. The first-order valence-electron chi connectivity index (χ1n) is 12.2. The van der Waals surface area contributed by atoms with Gasteiger partial charge < -0.3 is 10.1 Å². The van der Waals surface area contributed by atoms with Crippen molar-refractivity contribution in [3.8, 4) is 5.75 Å². The quantitative estimate of drug-likeness (QED) is 0.603. The molecule has 2 aliphatic carbocycles. The largest absolute Gasteiger partial charge is 0.487 e. The monoisotopic (exact) mass is 485 g/mol. The number of allylic oxidation sites excluding steroid dienone is 1. The number of carbonyl (C=O) groups is 1. The summed E-state index contributed by atoms with van der Waals surface area (Å²) in [7, 11) is 1.68. The van der Waals surface area contributed by atoms with Gasteiger partial charge in [0.05, 0.1) is 17.2 Å². The van der Waals surface area contributed by atoms with E-state index < -0.39 is 11.7 Å². The molecule has 2 heterocycles. The standard InChI is InChI=1S/C27H30F3N3O2/c1-16-19(12-33-13-20(14-33)26(34)31-2)6-5-18-9-22(7-8-23(16)18)35-15-21-10-25(27(28,29)30)24(11-32-21)17-3-4-17/h7-11,17,20H,3-6,12-15H2,1-2H3,(H,31,34). The summed E-state index contributed by atoms with van der Waals surface area (Å²) < 4.78 is 46.4. The van der Waals surface area contributed by atoms with E-state index in [2.05, 4.69) is 22.1 Å². The summed E-state index contributed by atoms with van der Waals surface area (Å²) in [5.41, 5.74) is 5.01. The van der Waals surface area contributed by atoms with Gasteiger partial charge in [0.15, 0.2) is 0 Å². The zero-order chi connectivity index (χ0) is 24.7. The van der Waals surface area contributed by atoms with Gasteiger partial charge in [0.25, 0.3) is 0 Å². The van der Waals surface area contributed by atoms with Crippen LogP contribution in [0.3, 0.4) is 0 Å². The number of aryl methyl sites for hydroxylation is 1. The van der Waals surface area contributed by atoms with Gasteiger partial charge in [-0.1, -0.05) is 11.6 Å². The zero-order valence-electron chi connectivity index (χ0n) is 20.0. The van der Waals surface area contributed by atoms with Gasteiger partial charge in [0.1, 0.15) is 12.4 Å². The fourth-order valence-electron chi connectivity index (χ4n) is 5.14. The molecule has 0 spiro atoms. The molecule has 0 unspecified atom stereocenters. The van der Waals surface area contributed by atoms with Crippen molar-refractivity contribution in [1.82, 2.24) is 15.2 Å². The highest BCUT2D eigenvalue weighted by Crippen LogP contribution is 2.45. The molecule has 8 heteroatoms. The molecule has 2 aromatic rings. The van der Waals surface area contributed by atoms with Crippen molar-refractivity contribution in [2.24, 2.45) is 5.92 Å². The molecule has 5 nitrogen and oxygen atoms in total. The average molecular weight is 486 g/mol. The molecule has 1 saturated heterocycles. The topological polar surface area (TPSA) is 54.5 Å². The second-order valence-corrected chi connectivity index (χ2v) is 9.88. The fourth-order valence-corrected chi connectivity index (χ4v) is 5.14. The van der Waals surface area contributed by atoms with Gasteiger partial charge in [0, 0.05) is 32.9 Å². The smallest absolute Gasteiger partial charge is 0.416 e. The van der Waals surface area contributed by atoms with Crippen LogP contribution >= 0.6 is 0 Å². The molecule has 1 N–H and O–H groups in total. The van der Waals surface area contributed by atoms with E-state index in [0.717, 1.165) is 51.4 Å². The summed E-state index contributed by atoms with van der Waals surface area (Å²) in [5, 5.41) is 2.71. The third kappa shape index (κ3) is 5.08. The Bertz CT molecular complexity index is 1160. The Morgan fingerprint density at radius 2 is 1.97 bits per heavy atom. The van der Waals surface area contributed by atoms with Crippen LogP contribution in [-0.2, 0) is 24.0 Å². The van der Waals surface area contributed by atoms with E-state index in [1.165, 1.54) is 28.5 Å². The lowest BCUT2D eigenvalue weighted by atomic mass is 9.85. The highest BCUT2D eigenvalue weighted by atomic mass is 19.4. The van der Waals surface area contributed by atoms with Gasteiger partial charge >= 0.3 is 6.18 Å². The molecule has 0 bridgehead atoms. The SMILES string of the molecule is CNC(=O)C1CN(CC2=C(C)c3ccc(OCc4cc(C(F)(F)F)c(C5CC5)cn4)cc3CC2)C1. The van der Waals surface area contributed by atoms with Crippen LogP contribution in [-0.4, -0.2) is 42.5 Å². The number of ether oxygens (including phenoxy) is 1. The molecule has 1 amide bonds. The number of hydrogen-bond acceptors (Lipinski definition) is 4. The maximum absolute atomic E-state index is 13.5. The Balaban J connectivity index is 1.24. The fraction of sp³-hybridized carbons (Fsp3) is 0.481. The molecule has 3 aliphatic rings. The molecule has 0 atom stereocenters. The summed E-state index contributed by atoms with van der Waals surface area (Å²) in [5.74, 6) is 0.812. The van der Waals surface area contributed by atoms with E-state index in [1.54, 1.807) is 7.05 Å². The first kappa shape index (κ1) is 23.9. The Kier molecular flexibility index (Phi) is 6.34. The van der Waals surface area contributed by atoms with Crippen molar-refractivity contribution in [1.29, 1.82) is 0 Å². The minimum atomic E-state index is -4.39. The maximum Gasteiger partial charge on any atom is 0.416 e. The number of alkyl halides is 3. The molecule has 2 fully saturated rings. The van der Waals surface area contributed by atoms with Crippen molar-refractivity contribution in [2.75, 3.05) is 26.7 Å². The molecule has 5 rings (SSSR count). The van der Waals surface area contributed by atoms with Crippen LogP contribution in [0.25, 0.3) is 5.57 Å². The molecule has 1 aromatic heterocycles. The highest BCUT2D eigenvalue weighted by Gasteiger charge is 2.38. The molecule has 0 radical (unpaired) electrons. The van der Waals surface area contributed by atoms with E-state index in [9.17, 15) is 18.0 Å². The van der Waals surface area contributed by atoms with Crippen LogP contribution in [0.15, 0.2) is 36.0 Å². The first-order valence-corrected chi connectivity index (χ1v) is 12.2. The lowest BCUT2D eigenvalue weighted by Crippen LogP contribution is -2.53. The summed E-state index contributed by atoms with van der Waals surface area (Å²) in [4.78, 5) is 18.3. The Labute approximate surface area is 203 Å². The van der Waals surface area contributed by atoms with Crippen molar-refractivity contribution < 1.29 is 22.7 Å². The first-order chi connectivity index (χ1) is 16.7. The zero-order valence-corrected chi connectivity index (χ0v) is 20.0. The predicted octanol–water partition coefficient (Wildman–Crippen LogP) is 4.95. The number of nitrogens with zero attached hydrogens (tertiary/aromatic N) is 2. The van der Waals surface area contributed by atoms with Crippen molar-refractivity contribution in [3.05, 3.63) is 64.0 Å². The van der Waals surface area contributed by atoms with E-state index >= 15 is 0 Å². The van der Waals surface area contributed by atoms with Gasteiger partial charge in [-0.3, -0.25) is 14.7 Å². The van der Waals surface area contributed by atoms with E-state index in [4.69, 9.17) is 4.74 Å². The molecular formula is C27H30F3N3O2. The van der Waals surface area contributed by atoms with E-state index in [-0.39, 0.29) is 30.0 Å². The molecular weight excluding hydrogens is 455 g/mol. The third-order valence-electron chi connectivity index (χ3n) is 7.40. The minimum Gasteiger partial charge on any atom is -0.487 e. The van der Waals surface area contributed by atoms with Gasteiger partial charge in [0.2, 0.25) is 5.91 Å². The number of likely N-dealkylation sites (tertiary alicyclic amines) is 1. The number of halogens is 3. The number of fused-ring (bicyclic) bond motifs is 1. The lowest BCUT2D eigenvalue weighted by Gasteiger charge is -2.39. The lowest BCUT2D eigenvalue weighted by molar-refractivity contribution is -0.138.